The van der Waals surface area contributed by atoms with Crippen LogP contribution in [0.1, 0.15) is 226 Å². The summed E-state index contributed by atoms with van der Waals surface area (Å²) in [5.74, 6) is -0.931. The average Bonchev–Trinajstić information content (AvgIpc) is 3.36. The molecule has 15 heteroatoms. The van der Waals surface area contributed by atoms with E-state index in [0.717, 1.165) is 57.8 Å². The first-order valence-electron chi connectivity index (χ1n) is 28.4. The summed E-state index contributed by atoms with van der Waals surface area (Å²) in [4.78, 5) is 25.8. The Kier molecular flexibility index (Phi) is 39.6. The molecule has 4 unspecified atom stereocenters. The lowest BCUT2D eigenvalue weighted by atomic mass is 9.98. The molecule has 2 aliphatic rings. The second-order valence-corrected chi connectivity index (χ2v) is 20.2. The number of unbranched alkanes of at least 4 members (excludes halogenated alkanes) is 28. The highest BCUT2D eigenvalue weighted by Gasteiger charge is 2.47. The van der Waals surface area contributed by atoms with Crippen molar-refractivity contribution >= 4 is 11.9 Å². The molecule has 2 fully saturated rings. The summed E-state index contributed by atoms with van der Waals surface area (Å²) in [6.45, 7) is 2.59. The van der Waals surface area contributed by atoms with Gasteiger partial charge >= 0.3 is 11.9 Å². The summed E-state index contributed by atoms with van der Waals surface area (Å²) in [6.07, 6.45) is 29.1. The van der Waals surface area contributed by atoms with Crippen LogP contribution >= 0.6 is 0 Å². The number of allylic oxidation sites excluding steroid dienone is 4. The van der Waals surface area contributed by atoms with E-state index in [-0.39, 0.29) is 26.1 Å². The molecule has 15 nitrogen and oxygen atoms in total. The molecule has 71 heavy (non-hydrogen) atoms. The van der Waals surface area contributed by atoms with Crippen LogP contribution in [0, 0.1) is 0 Å². The summed E-state index contributed by atoms with van der Waals surface area (Å²) in [7, 11) is 0. The van der Waals surface area contributed by atoms with Gasteiger partial charge < -0.3 is 64.2 Å². The highest BCUT2D eigenvalue weighted by Crippen LogP contribution is 2.27. The Morgan fingerprint density at radius 2 is 0.831 bits per heavy atom. The molecule has 7 N–H and O–H groups in total. The van der Waals surface area contributed by atoms with Crippen molar-refractivity contribution in [1.29, 1.82) is 0 Å². The van der Waals surface area contributed by atoms with Crippen LogP contribution < -0.4 is 0 Å². The highest BCUT2D eigenvalue weighted by molar-refractivity contribution is 5.70. The highest BCUT2D eigenvalue weighted by atomic mass is 16.7. The number of esters is 2. The Hall–Kier alpha value is -2.02. The van der Waals surface area contributed by atoms with E-state index in [0.29, 0.717) is 12.8 Å². The molecule has 2 saturated heterocycles. The first-order valence-corrected chi connectivity index (χ1v) is 28.4. The number of hydrogen-bond donors (Lipinski definition) is 7. The molecule has 0 spiro atoms. The molecule has 0 aliphatic carbocycles. The van der Waals surface area contributed by atoms with Crippen molar-refractivity contribution in [3.63, 3.8) is 0 Å². The van der Waals surface area contributed by atoms with Crippen LogP contribution in [0.4, 0.5) is 0 Å². The first-order chi connectivity index (χ1) is 34.5. The molecule has 0 amide bonds. The number of rotatable bonds is 45. The van der Waals surface area contributed by atoms with E-state index < -0.39 is 92.7 Å². The fourth-order valence-electron chi connectivity index (χ4n) is 9.03. The minimum Gasteiger partial charge on any atom is -0.462 e. The number of ether oxygens (including phenoxy) is 6. The molecule has 11 atom stereocenters. The van der Waals surface area contributed by atoms with E-state index in [1.165, 1.54) is 128 Å². The Morgan fingerprint density at radius 3 is 1.30 bits per heavy atom. The molecule has 2 heterocycles. The van der Waals surface area contributed by atoms with Crippen LogP contribution in [0.25, 0.3) is 0 Å². The van der Waals surface area contributed by atoms with Gasteiger partial charge in [-0.15, -0.1) is 0 Å². The van der Waals surface area contributed by atoms with Gasteiger partial charge in [-0.1, -0.05) is 199 Å². The van der Waals surface area contributed by atoms with Crippen molar-refractivity contribution in [3.05, 3.63) is 24.3 Å². The van der Waals surface area contributed by atoms with Gasteiger partial charge in [-0.05, 0) is 38.5 Å². The zero-order valence-corrected chi connectivity index (χ0v) is 44.2. The lowest BCUT2D eigenvalue weighted by Gasteiger charge is -2.42. The van der Waals surface area contributed by atoms with Crippen LogP contribution in [0.5, 0.6) is 0 Å². The predicted octanol–water partition coefficient (Wildman–Crippen LogP) is 9.11. The van der Waals surface area contributed by atoms with Crippen LogP contribution in [-0.2, 0) is 38.0 Å². The first kappa shape index (κ1) is 65.1. The second-order valence-electron chi connectivity index (χ2n) is 20.2. The minimum atomic E-state index is -1.77. The van der Waals surface area contributed by atoms with Gasteiger partial charge in [-0.3, -0.25) is 9.59 Å². The fourth-order valence-corrected chi connectivity index (χ4v) is 9.03. The van der Waals surface area contributed by atoms with Crippen molar-refractivity contribution in [2.75, 3.05) is 26.4 Å². The molecule has 0 aromatic heterocycles. The lowest BCUT2D eigenvalue weighted by Crippen LogP contribution is -2.61. The quantitative estimate of drug-likeness (QED) is 0.0171. The average molecular weight is 1020 g/mol. The summed E-state index contributed by atoms with van der Waals surface area (Å²) in [6, 6.07) is 0. The topological polar surface area (TPSA) is 231 Å². The monoisotopic (exact) mass is 1010 g/mol. The maximum absolute atomic E-state index is 13.0. The van der Waals surface area contributed by atoms with Crippen LogP contribution in [0.3, 0.4) is 0 Å². The number of aliphatic hydroxyl groups excluding tert-OH is 7. The maximum atomic E-state index is 13.0. The standard InChI is InChI=1S/C56H102O15/c1-3-5-7-9-11-13-15-17-19-20-21-22-23-25-26-28-30-32-34-36-38-47(58)66-41-44(69-48(59)39-37-35-33-31-29-27-24-18-16-14-12-10-8-6-4-2)42-67-55-54(65)52(63)50(61)46(71-55)43-68-56-53(64)51(62)49(60)45(40-57)70-56/h14,16,18,24,44-46,49-57,60-65H,3-13,15,17,19-23,25-43H2,1-2H3/b16-14+,24-18+/t44-,45+,46+,49-,50-,51?,52?,53?,54?,55+,56+/m0/s1. The van der Waals surface area contributed by atoms with E-state index >= 15 is 0 Å². The summed E-state index contributed by atoms with van der Waals surface area (Å²) < 4.78 is 33.7. The van der Waals surface area contributed by atoms with Gasteiger partial charge in [0, 0.05) is 12.8 Å². The molecule has 0 bridgehead atoms. The number of carbonyl (C=O) groups excluding carboxylic acids is 2. The molecule has 2 aliphatic heterocycles. The van der Waals surface area contributed by atoms with Gasteiger partial charge in [0.25, 0.3) is 0 Å². The molecule has 0 saturated carbocycles. The summed E-state index contributed by atoms with van der Waals surface area (Å²) >= 11 is 0. The Balaban J connectivity index is 1.76. The van der Waals surface area contributed by atoms with Crippen molar-refractivity contribution in [2.45, 2.75) is 293 Å². The molecule has 0 aromatic carbocycles. The van der Waals surface area contributed by atoms with Crippen molar-refractivity contribution < 1.29 is 73.8 Å². The molecule has 2 rings (SSSR count). The third-order valence-corrected chi connectivity index (χ3v) is 13.7. The zero-order valence-electron chi connectivity index (χ0n) is 44.2. The Bertz CT molecular complexity index is 1330. The van der Waals surface area contributed by atoms with Gasteiger partial charge in [-0.25, -0.2) is 0 Å². The SMILES string of the molecule is CCCCCC/C=C/C=C/CCCCCCCC(=O)O[C@@H](COC(=O)CCCCCCCCCCCCCCCCCCCCCC)CO[C@@H]1O[C@H](CO[C@@H]2O[C@H](CO)[C@H](O)C(O)C2O)[C@H](O)C(O)C1O. The van der Waals surface area contributed by atoms with E-state index in [9.17, 15) is 45.3 Å². The molecule has 0 aromatic rings. The van der Waals surface area contributed by atoms with Crippen LogP contribution in [0.15, 0.2) is 24.3 Å². The van der Waals surface area contributed by atoms with Gasteiger partial charge in [0.15, 0.2) is 18.7 Å². The normalized spacial score (nSPS) is 25.3. The van der Waals surface area contributed by atoms with Crippen LogP contribution in [0.2, 0.25) is 0 Å². The van der Waals surface area contributed by atoms with Crippen molar-refractivity contribution in [3.8, 4) is 0 Å². The largest absolute Gasteiger partial charge is 0.462 e. The van der Waals surface area contributed by atoms with Crippen molar-refractivity contribution in [1.82, 2.24) is 0 Å². The summed E-state index contributed by atoms with van der Waals surface area (Å²) in [5, 5.41) is 72.2. The molecule has 0 radical (unpaired) electrons. The van der Waals surface area contributed by atoms with Gasteiger partial charge in [-0.2, -0.15) is 0 Å². The third kappa shape index (κ3) is 30.8. The maximum Gasteiger partial charge on any atom is 0.306 e. The molecular formula is C56H102O15. The smallest absolute Gasteiger partial charge is 0.306 e. The number of aliphatic hydroxyl groups is 7. The third-order valence-electron chi connectivity index (χ3n) is 13.7. The van der Waals surface area contributed by atoms with Gasteiger partial charge in [0.1, 0.15) is 55.4 Å². The molecule has 416 valence electrons. The van der Waals surface area contributed by atoms with Gasteiger partial charge in [0.05, 0.1) is 19.8 Å². The summed E-state index contributed by atoms with van der Waals surface area (Å²) in [5.41, 5.74) is 0. The number of hydrogen-bond acceptors (Lipinski definition) is 15. The number of carbonyl (C=O) groups is 2. The van der Waals surface area contributed by atoms with Gasteiger partial charge in [0.2, 0.25) is 0 Å². The Labute approximate surface area is 428 Å². The minimum absolute atomic E-state index is 0.150. The van der Waals surface area contributed by atoms with E-state index in [2.05, 4.69) is 38.2 Å². The molecular weight excluding hydrogens is 913 g/mol. The van der Waals surface area contributed by atoms with Crippen LogP contribution in [-0.4, -0.2) is 142 Å². The van der Waals surface area contributed by atoms with E-state index in [4.69, 9.17) is 28.4 Å². The van der Waals surface area contributed by atoms with E-state index in [1.54, 1.807) is 0 Å². The fraction of sp³-hybridized carbons (Fsp3) is 0.893. The van der Waals surface area contributed by atoms with E-state index in [1.807, 2.05) is 0 Å². The Morgan fingerprint density at radius 1 is 0.451 bits per heavy atom. The lowest BCUT2D eigenvalue weighted by molar-refractivity contribution is -0.332. The van der Waals surface area contributed by atoms with Crippen molar-refractivity contribution in [2.24, 2.45) is 0 Å². The second kappa shape index (κ2) is 43.2. The predicted molar refractivity (Wildman–Crippen MR) is 275 cm³/mol. The zero-order chi connectivity index (χ0) is 51.7.